The Balaban J connectivity index is 1.50. The zero-order chi connectivity index (χ0) is 18.4. The Bertz CT molecular complexity index is 581. The fraction of sp³-hybridized carbons (Fsp3) is 0.789. The zero-order valence-electron chi connectivity index (χ0n) is 15.6. The van der Waals surface area contributed by atoms with E-state index in [2.05, 4.69) is 15.6 Å². The first kappa shape index (κ1) is 19.3. The Kier molecular flexibility index (Phi) is 7.05. The molecule has 1 saturated heterocycles. The Hall–Kier alpha value is -1.44. The van der Waals surface area contributed by atoms with Gasteiger partial charge in [0.2, 0.25) is 5.91 Å². The molecule has 3 heterocycles. The number of piperidine rings is 1. The van der Waals surface area contributed by atoms with E-state index in [0.29, 0.717) is 38.8 Å². The third-order valence-corrected chi connectivity index (χ3v) is 5.44. The molecule has 0 unspecified atom stereocenters. The van der Waals surface area contributed by atoms with E-state index in [9.17, 15) is 9.90 Å². The summed E-state index contributed by atoms with van der Waals surface area (Å²) in [5, 5.41) is 23.2. The van der Waals surface area contributed by atoms with Gasteiger partial charge in [-0.1, -0.05) is 0 Å². The predicted molar refractivity (Wildman–Crippen MR) is 98.6 cm³/mol. The minimum absolute atomic E-state index is 0.172. The lowest BCUT2D eigenvalue weighted by molar-refractivity contribution is -0.133. The molecule has 0 radical (unpaired) electrons. The van der Waals surface area contributed by atoms with Crippen molar-refractivity contribution in [2.24, 2.45) is 0 Å². The number of likely N-dealkylation sites (tertiary alicyclic amines) is 1. The quantitative estimate of drug-likeness (QED) is 0.699. The third kappa shape index (κ3) is 5.28. The van der Waals surface area contributed by atoms with Crippen molar-refractivity contribution in [2.75, 3.05) is 32.8 Å². The van der Waals surface area contributed by atoms with Gasteiger partial charge in [-0.15, -0.1) is 0 Å². The average molecular weight is 364 g/mol. The number of aromatic nitrogens is 2. The number of amides is 1. The first-order chi connectivity index (χ1) is 12.7. The van der Waals surface area contributed by atoms with Crippen LogP contribution in [0.1, 0.15) is 49.9 Å². The van der Waals surface area contributed by atoms with Crippen LogP contribution in [0.25, 0.3) is 0 Å². The monoisotopic (exact) mass is 364 g/mol. The van der Waals surface area contributed by atoms with E-state index in [1.165, 1.54) is 5.69 Å². The molecule has 2 aliphatic heterocycles. The summed E-state index contributed by atoms with van der Waals surface area (Å²) in [4.78, 5) is 16.7. The highest BCUT2D eigenvalue weighted by molar-refractivity contribution is 5.76. The van der Waals surface area contributed by atoms with Gasteiger partial charge in [0.05, 0.1) is 17.5 Å². The van der Waals surface area contributed by atoms with Gasteiger partial charge >= 0.3 is 0 Å². The van der Waals surface area contributed by atoms with Crippen LogP contribution in [0.5, 0.6) is 0 Å². The molecule has 146 valence electrons. The molecule has 0 bridgehead atoms. The lowest BCUT2D eigenvalue weighted by atomic mass is 10.1. The van der Waals surface area contributed by atoms with Gasteiger partial charge in [0.15, 0.2) is 0 Å². The number of aryl methyl sites for hydroxylation is 2. The van der Waals surface area contributed by atoms with E-state index in [0.717, 1.165) is 51.1 Å². The Morgan fingerprint density at radius 3 is 2.77 bits per heavy atom. The molecule has 0 spiro atoms. The van der Waals surface area contributed by atoms with Gasteiger partial charge < -0.3 is 15.1 Å². The molecule has 0 atom stereocenters. The van der Waals surface area contributed by atoms with Gasteiger partial charge in [-0.25, -0.2) is 0 Å². The minimum atomic E-state index is -0.247. The van der Waals surface area contributed by atoms with Crippen LogP contribution in [0.15, 0.2) is 6.07 Å². The molecule has 0 aromatic carbocycles. The number of carbonyl (C=O) groups excluding carboxylic acids is 1. The highest BCUT2D eigenvalue weighted by atomic mass is 16.3. The van der Waals surface area contributed by atoms with E-state index in [1.807, 2.05) is 4.90 Å². The van der Waals surface area contributed by atoms with Gasteiger partial charge in [-0.2, -0.15) is 5.10 Å². The molecule has 7 heteroatoms. The van der Waals surface area contributed by atoms with Crippen molar-refractivity contribution in [3.63, 3.8) is 0 Å². The van der Waals surface area contributed by atoms with Gasteiger partial charge in [-0.05, 0) is 44.7 Å². The van der Waals surface area contributed by atoms with Crippen molar-refractivity contribution in [1.82, 2.24) is 19.6 Å². The maximum atomic E-state index is 12.4. The molecule has 2 aliphatic rings. The number of unbranched alkanes of at least 4 members (excludes halogenated alkanes) is 1. The van der Waals surface area contributed by atoms with Crippen LogP contribution in [-0.2, 0) is 24.3 Å². The van der Waals surface area contributed by atoms with Crippen LogP contribution in [0.4, 0.5) is 0 Å². The fourth-order valence-electron chi connectivity index (χ4n) is 3.86. The summed E-state index contributed by atoms with van der Waals surface area (Å²) in [6, 6.07) is 2.15. The zero-order valence-corrected chi connectivity index (χ0v) is 15.6. The molecule has 26 heavy (non-hydrogen) atoms. The standard InChI is InChI=1S/C19H32N4O3/c24-13-2-1-8-21-9-3-10-23-17(15-21)14-16(20-23)4-5-19(26)22-11-6-18(25)7-12-22/h14,18,24-25H,1-13,15H2. The molecular weight excluding hydrogens is 332 g/mol. The summed E-state index contributed by atoms with van der Waals surface area (Å²) in [6.45, 7) is 5.52. The molecule has 1 aromatic heterocycles. The highest BCUT2D eigenvalue weighted by Crippen LogP contribution is 2.16. The van der Waals surface area contributed by atoms with Crippen molar-refractivity contribution in [3.05, 3.63) is 17.5 Å². The largest absolute Gasteiger partial charge is 0.396 e. The van der Waals surface area contributed by atoms with Gasteiger partial charge in [-0.3, -0.25) is 14.4 Å². The molecule has 2 N–H and O–H groups in total. The van der Waals surface area contributed by atoms with Crippen LogP contribution in [-0.4, -0.2) is 74.6 Å². The SMILES string of the molecule is O=C(CCc1cc2n(n1)CCCN(CCCCO)C2)N1CCC(O)CC1. The third-order valence-electron chi connectivity index (χ3n) is 5.44. The van der Waals surface area contributed by atoms with E-state index in [-0.39, 0.29) is 18.6 Å². The second-order valence-corrected chi connectivity index (χ2v) is 7.52. The van der Waals surface area contributed by atoms with Crippen molar-refractivity contribution in [2.45, 2.75) is 64.1 Å². The number of aliphatic hydroxyl groups is 2. The van der Waals surface area contributed by atoms with Crippen LogP contribution < -0.4 is 0 Å². The van der Waals surface area contributed by atoms with Crippen molar-refractivity contribution < 1.29 is 15.0 Å². The van der Waals surface area contributed by atoms with Crippen molar-refractivity contribution in [3.8, 4) is 0 Å². The minimum Gasteiger partial charge on any atom is -0.396 e. The van der Waals surface area contributed by atoms with Gasteiger partial charge in [0.25, 0.3) is 0 Å². The molecule has 0 aliphatic carbocycles. The average Bonchev–Trinajstić information content (AvgIpc) is 2.92. The summed E-state index contributed by atoms with van der Waals surface area (Å²) < 4.78 is 2.10. The number of hydrogen-bond donors (Lipinski definition) is 2. The molecule has 1 amide bonds. The van der Waals surface area contributed by atoms with Crippen LogP contribution in [0.2, 0.25) is 0 Å². The summed E-state index contributed by atoms with van der Waals surface area (Å²) in [5.74, 6) is 0.172. The number of rotatable bonds is 7. The number of hydrogen-bond acceptors (Lipinski definition) is 5. The van der Waals surface area contributed by atoms with Gasteiger partial charge in [0, 0.05) is 52.2 Å². The summed E-state index contributed by atoms with van der Waals surface area (Å²) in [5.41, 5.74) is 2.23. The molecule has 3 rings (SSSR count). The Labute approximate surface area is 155 Å². The van der Waals surface area contributed by atoms with Crippen molar-refractivity contribution in [1.29, 1.82) is 0 Å². The molecule has 1 aromatic rings. The predicted octanol–water partition coefficient (Wildman–Crippen LogP) is 0.777. The lowest BCUT2D eigenvalue weighted by Gasteiger charge is -2.29. The van der Waals surface area contributed by atoms with Crippen LogP contribution in [0, 0.1) is 0 Å². The number of nitrogens with zero attached hydrogens (tertiary/aromatic N) is 4. The molecule has 7 nitrogen and oxygen atoms in total. The fourth-order valence-corrected chi connectivity index (χ4v) is 3.86. The summed E-state index contributed by atoms with van der Waals surface area (Å²) >= 11 is 0. The van der Waals surface area contributed by atoms with Crippen molar-refractivity contribution >= 4 is 5.91 Å². The number of carbonyl (C=O) groups is 1. The number of aliphatic hydroxyl groups excluding tert-OH is 2. The summed E-state index contributed by atoms with van der Waals surface area (Å²) in [6.07, 6.45) is 5.28. The highest BCUT2D eigenvalue weighted by Gasteiger charge is 2.22. The molecule has 1 fully saturated rings. The molecular formula is C19H32N4O3. The Morgan fingerprint density at radius 2 is 2.00 bits per heavy atom. The van der Waals surface area contributed by atoms with E-state index < -0.39 is 0 Å². The smallest absolute Gasteiger partial charge is 0.222 e. The van der Waals surface area contributed by atoms with Crippen LogP contribution >= 0.6 is 0 Å². The summed E-state index contributed by atoms with van der Waals surface area (Å²) in [7, 11) is 0. The normalized spacial score (nSPS) is 19.4. The lowest BCUT2D eigenvalue weighted by Crippen LogP contribution is -2.40. The second-order valence-electron chi connectivity index (χ2n) is 7.52. The maximum Gasteiger partial charge on any atom is 0.222 e. The van der Waals surface area contributed by atoms with E-state index >= 15 is 0 Å². The van der Waals surface area contributed by atoms with Gasteiger partial charge in [0.1, 0.15) is 0 Å². The van der Waals surface area contributed by atoms with E-state index in [1.54, 1.807) is 0 Å². The molecule has 0 saturated carbocycles. The topological polar surface area (TPSA) is 81.8 Å². The van der Waals surface area contributed by atoms with Crippen LogP contribution in [0.3, 0.4) is 0 Å². The van der Waals surface area contributed by atoms with E-state index in [4.69, 9.17) is 10.2 Å². The number of fused-ring (bicyclic) bond motifs is 1. The second kappa shape index (κ2) is 9.48. The maximum absolute atomic E-state index is 12.4. The first-order valence-corrected chi connectivity index (χ1v) is 10.0. The first-order valence-electron chi connectivity index (χ1n) is 10.0. The Morgan fingerprint density at radius 1 is 1.19 bits per heavy atom.